The highest BCUT2D eigenvalue weighted by molar-refractivity contribution is 7.10. The molecular weight excluding hydrogens is 284 g/mol. The van der Waals surface area contributed by atoms with Crippen LogP contribution in [0, 0.1) is 0 Å². The number of aromatic nitrogens is 1. The molecule has 0 bridgehead atoms. The van der Waals surface area contributed by atoms with Crippen LogP contribution in [-0.2, 0) is 6.42 Å². The SMILES string of the molecule is CCNC(Cc1nc2ccccc2o1)c1sccc1OC. The van der Waals surface area contributed by atoms with Gasteiger partial charge in [0.1, 0.15) is 11.3 Å². The Hall–Kier alpha value is -1.85. The molecule has 21 heavy (non-hydrogen) atoms. The number of methoxy groups -OCH3 is 1. The molecule has 1 atom stereocenters. The van der Waals surface area contributed by atoms with E-state index in [-0.39, 0.29) is 6.04 Å². The van der Waals surface area contributed by atoms with Gasteiger partial charge in [-0.2, -0.15) is 0 Å². The van der Waals surface area contributed by atoms with E-state index in [4.69, 9.17) is 9.15 Å². The van der Waals surface area contributed by atoms with Crippen molar-refractivity contribution in [3.63, 3.8) is 0 Å². The number of fused-ring (bicyclic) bond motifs is 1. The number of hydrogen-bond acceptors (Lipinski definition) is 5. The van der Waals surface area contributed by atoms with Crippen molar-refractivity contribution in [1.29, 1.82) is 0 Å². The van der Waals surface area contributed by atoms with Crippen molar-refractivity contribution < 1.29 is 9.15 Å². The summed E-state index contributed by atoms with van der Waals surface area (Å²) in [5, 5.41) is 5.53. The van der Waals surface area contributed by atoms with Crippen LogP contribution in [0.5, 0.6) is 5.75 Å². The monoisotopic (exact) mass is 302 g/mol. The van der Waals surface area contributed by atoms with Gasteiger partial charge in [-0.15, -0.1) is 11.3 Å². The van der Waals surface area contributed by atoms with Gasteiger partial charge in [0.2, 0.25) is 0 Å². The molecular formula is C16H18N2O2S. The van der Waals surface area contributed by atoms with Gasteiger partial charge in [0.15, 0.2) is 11.5 Å². The van der Waals surface area contributed by atoms with E-state index < -0.39 is 0 Å². The Labute approximate surface area is 127 Å². The Balaban J connectivity index is 1.88. The van der Waals surface area contributed by atoms with Gasteiger partial charge in [0.25, 0.3) is 0 Å². The average Bonchev–Trinajstić information content (AvgIpc) is 3.12. The second-order valence-corrected chi connectivity index (χ2v) is 5.69. The second-order valence-electron chi connectivity index (χ2n) is 4.74. The molecule has 0 amide bonds. The third kappa shape index (κ3) is 2.94. The zero-order valence-corrected chi connectivity index (χ0v) is 12.9. The highest BCUT2D eigenvalue weighted by Crippen LogP contribution is 2.33. The maximum absolute atomic E-state index is 5.83. The van der Waals surface area contributed by atoms with Gasteiger partial charge in [-0.05, 0) is 30.1 Å². The fraction of sp³-hybridized carbons (Fsp3) is 0.312. The minimum atomic E-state index is 0.151. The van der Waals surface area contributed by atoms with E-state index in [1.165, 1.54) is 4.88 Å². The van der Waals surface area contributed by atoms with Crippen molar-refractivity contribution in [2.45, 2.75) is 19.4 Å². The first-order valence-electron chi connectivity index (χ1n) is 7.01. The summed E-state index contributed by atoms with van der Waals surface area (Å²) in [4.78, 5) is 5.74. The van der Waals surface area contributed by atoms with Gasteiger partial charge in [-0.3, -0.25) is 0 Å². The number of rotatable bonds is 6. The molecule has 0 saturated carbocycles. The van der Waals surface area contributed by atoms with Crippen molar-refractivity contribution in [2.75, 3.05) is 13.7 Å². The van der Waals surface area contributed by atoms with Gasteiger partial charge in [-0.25, -0.2) is 4.98 Å². The van der Waals surface area contributed by atoms with E-state index in [0.29, 0.717) is 6.42 Å². The number of oxazole rings is 1. The van der Waals surface area contributed by atoms with Crippen LogP contribution in [0.2, 0.25) is 0 Å². The van der Waals surface area contributed by atoms with Crippen LogP contribution in [0.4, 0.5) is 0 Å². The second kappa shape index (κ2) is 6.28. The van der Waals surface area contributed by atoms with Gasteiger partial charge >= 0.3 is 0 Å². The zero-order chi connectivity index (χ0) is 14.7. The molecule has 2 heterocycles. The molecule has 0 aliphatic carbocycles. The number of hydrogen-bond donors (Lipinski definition) is 1. The summed E-state index contributed by atoms with van der Waals surface area (Å²) in [6, 6.07) is 9.99. The molecule has 0 radical (unpaired) electrons. The van der Waals surface area contributed by atoms with Crippen LogP contribution in [0.15, 0.2) is 40.1 Å². The van der Waals surface area contributed by atoms with Crippen molar-refractivity contribution >= 4 is 22.4 Å². The topological polar surface area (TPSA) is 47.3 Å². The molecule has 0 aliphatic heterocycles. The molecule has 3 rings (SSSR count). The van der Waals surface area contributed by atoms with Crippen LogP contribution in [-0.4, -0.2) is 18.6 Å². The lowest BCUT2D eigenvalue weighted by Crippen LogP contribution is -2.22. The molecule has 110 valence electrons. The van der Waals surface area contributed by atoms with Crippen LogP contribution >= 0.6 is 11.3 Å². The minimum Gasteiger partial charge on any atom is -0.496 e. The Kier molecular flexibility index (Phi) is 4.22. The molecule has 3 aromatic rings. The Morgan fingerprint density at radius 1 is 1.33 bits per heavy atom. The number of likely N-dealkylation sites (N-methyl/N-ethyl adjacent to an activating group) is 1. The van der Waals surface area contributed by atoms with E-state index in [2.05, 4.69) is 17.2 Å². The highest BCUT2D eigenvalue weighted by Gasteiger charge is 2.20. The zero-order valence-electron chi connectivity index (χ0n) is 12.1. The fourth-order valence-corrected chi connectivity index (χ4v) is 3.35. The summed E-state index contributed by atoms with van der Waals surface area (Å²) in [7, 11) is 1.70. The number of thiophene rings is 1. The predicted octanol–water partition coefficient (Wildman–Crippen LogP) is 3.79. The summed E-state index contributed by atoms with van der Waals surface area (Å²) in [6.45, 7) is 2.98. The first-order valence-corrected chi connectivity index (χ1v) is 7.89. The number of para-hydroxylation sites is 2. The van der Waals surface area contributed by atoms with Crippen molar-refractivity contribution in [3.05, 3.63) is 46.5 Å². The molecule has 5 heteroatoms. The van der Waals surface area contributed by atoms with Gasteiger partial charge in [0.05, 0.1) is 18.0 Å². The maximum Gasteiger partial charge on any atom is 0.197 e. The molecule has 4 nitrogen and oxygen atoms in total. The Morgan fingerprint density at radius 2 is 2.19 bits per heavy atom. The number of nitrogens with zero attached hydrogens (tertiary/aromatic N) is 1. The number of benzene rings is 1. The molecule has 2 aromatic heterocycles. The van der Waals surface area contributed by atoms with E-state index in [1.807, 2.05) is 35.7 Å². The lowest BCUT2D eigenvalue weighted by atomic mass is 10.1. The van der Waals surface area contributed by atoms with Crippen LogP contribution in [0.3, 0.4) is 0 Å². The van der Waals surface area contributed by atoms with Gasteiger partial charge in [0, 0.05) is 6.42 Å². The maximum atomic E-state index is 5.83. The average molecular weight is 302 g/mol. The van der Waals surface area contributed by atoms with E-state index in [9.17, 15) is 0 Å². The first-order chi connectivity index (χ1) is 10.3. The quantitative estimate of drug-likeness (QED) is 0.752. The summed E-state index contributed by atoms with van der Waals surface area (Å²) < 4.78 is 11.3. The summed E-state index contributed by atoms with van der Waals surface area (Å²) in [5.74, 6) is 1.67. The molecule has 1 unspecified atom stereocenters. The van der Waals surface area contributed by atoms with E-state index >= 15 is 0 Å². The molecule has 0 saturated heterocycles. The van der Waals surface area contributed by atoms with Crippen molar-refractivity contribution in [2.24, 2.45) is 0 Å². The number of ether oxygens (including phenoxy) is 1. The fourth-order valence-electron chi connectivity index (χ4n) is 2.42. The molecule has 1 N–H and O–H groups in total. The lowest BCUT2D eigenvalue weighted by molar-refractivity contribution is 0.398. The summed E-state index contributed by atoms with van der Waals surface area (Å²) in [5.41, 5.74) is 1.74. The van der Waals surface area contributed by atoms with Gasteiger partial charge < -0.3 is 14.5 Å². The van der Waals surface area contributed by atoms with Crippen molar-refractivity contribution in [1.82, 2.24) is 10.3 Å². The predicted molar refractivity (Wildman–Crippen MR) is 85.0 cm³/mol. The Morgan fingerprint density at radius 3 is 2.95 bits per heavy atom. The third-order valence-electron chi connectivity index (χ3n) is 3.36. The van der Waals surface area contributed by atoms with Gasteiger partial charge in [-0.1, -0.05) is 19.1 Å². The highest BCUT2D eigenvalue weighted by atomic mass is 32.1. The largest absolute Gasteiger partial charge is 0.496 e. The smallest absolute Gasteiger partial charge is 0.197 e. The molecule has 0 spiro atoms. The normalized spacial score (nSPS) is 12.7. The van der Waals surface area contributed by atoms with Crippen LogP contribution in [0.1, 0.15) is 23.7 Å². The standard InChI is InChI=1S/C16H18N2O2S/c1-3-17-12(16-14(19-2)8-9-21-16)10-15-18-11-6-4-5-7-13(11)20-15/h4-9,12,17H,3,10H2,1-2H3. The summed E-state index contributed by atoms with van der Waals surface area (Å²) in [6.07, 6.45) is 0.708. The summed E-state index contributed by atoms with van der Waals surface area (Å²) >= 11 is 1.69. The number of nitrogens with one attached hydrogen (secondary N) is 1. The third-order valence-corrected chi connectivity index (χ3v) is 4.37. The molecule has 0 aliphatic rings. The van der Waals surface area contributed by atoms with Crippen LogP contribution in [0.25, 0.3) is 11.1 Å². The van der Waals surface area contributed by atoms with Crippen molar-refractivity contribution in [3.8, 4) is 5.75 Å². The van der Waals surface area contributed by atoms with E-state index in [0.717, 1.165) is 29.3 Å². The lowest BCUT2D eigenvalue weighted by Gasteiger charge is -2.16. The van der Waals surface area contributed by atoms with Crippen LogP contribution < -0.4 is 10.1 Å². The first kappa shape index (κ1) is 14.1. The minimum absolute atomic E-state index is 0.151. The Bertz CT molecular complexity index is 687. The molecule has 1 aromatic carbocycles. The molecule has 0 fully saturated rings. The van der Waals surface area contributed by atoms with E-state index in [1.54, 1.807) is 18.4 Å².